The summed E-state index contributed by atoms with van der Waals surface area (Å²) in [6, 6.07) is 0. The Bertz CT molecular complexity index is 1190. The van der Waals surface area contributed by atoms with E-state index in [0.29, 0.717) is 19.3 Å². The van der Waals surface area contributed by atoms with Crippen LogP contribution >= 0.6 is 0 Å². The number of hydrogen-bond acceptors (Lipinski definition) is 6. The molecule has 0 spiro atoms. The van der Waals surface area contributed by atoms with Gasteiger partial charge in [0.25, 0.3) is 0 Å². The van der Waals surface area contributed by atoms with Gasteiger partial charge in [-0.15, -0.1) is 0 Å². The molecule has 0 rings (SSSR count). The maximum atomic E-state index is 12.8. The minimum Gasteiger partial charge on any atom is -0.462 e. The van der Waals surface area contributed by atoms with Gasteiger partial charge in [-0.3, -0.25) is 14.4 Å². The molecule has 0 aromatic rings. The van der Waals surface area contributed by atoms with Crippen molar-refractivity contribution in [3.05, 3.63) is 48.6 Å². The van der Waals surface area contributed by atoms with Crippen molar-refractivity contribution in [3.63, 3.8) is 0 Å². The highest BCUT2D eigenvalue weighted by Crippen LogP contribution is 2.17. The van der Waals surface area contributed by atoms with Gasteiger partial charge >= 0.3 is 17.9 Å². The van der Waals surface area contributed by atoms with Gasteiger partial charge in [-0.1, -0.05) is 262 Å². The largest absolute Gasteiger partial charge is 0.462 e. The number of unbranched alkanes of at least 4 members (excludes halogenated alkanes) is 35. The van der Waals surface area contributed by atoms with Crippen molar-refractivity contribution in [2.45, 2.75) is 316 Å². The fraction of sp³-hybridized carbons (Fsp3) is 0.823. The third-order valence-corrected chi connectivity index (χ3v) is 13.1. The lowest BCUT2D eigenvalue weighted by atomic mass is 10.0. The zero-order valence-electron chi connectivity index (χ0n) is 45.4. The molecule has 0 bridgehead atoms. The van der Waals surface area contributed by atoms with Crippen LogP contribution in [-0.4, -0.2) is 37.2 Å². The molecular weight excluding hydrogens is 841 g/mol. The zero-order valence-corrected chi connectivity index (χ0v) is 45.4. The van der Waals surface area contributed by atoms with Gasteiger partial charge < -0.3 is 14.2 Å². The SMILES string of the molecule is CC/C=C\C/C=C\C/C=C\CCCCCCCC(=O)OC(COC(=O)CCCCCCC/C=C\CCCCCCC)COC(=O)CCCCCCCCCCCCCCCCCCCCCCC. The fourth-order valence-corrected chi connectivity index (χ4v) is 8.63. The van der Waals surface area contributed by atoms with Gasteiger partial charge in [-0.05, 0) is 77.0 Å². The highest BCUT2D eigenvalue weighted by molar-refractivity contribution is 5.71. The van der Waals surface area contributed by atoms with Gasteiger partial charge in [0.05, 0.1) is 0 Å². The molecular formula is C62H112O6. The lowest BCUT2D eigenvalue weighted by molar-refractivity contribution is -0.167. The predicted octanol–water partition coefficient (Wildman–Crippen LogP) is 19.8. The molecule has 0 aliphatic carbocycles. The van der Waals surface area contributed by atoms with E-state index in [1.165, 1.54) is 167 Å². The summed E-state index contributed by atoms with van der Waals surface area (Å²) in [5.74, 6) is -0.890. The Morgan fingerprint density at radius 3 is 0.912 bits per heavy atom. The molecule has 0 N–H and O–H groups in total. The van der Waals surface area contributed by atoms with Gasteiger partial charge in [0, 0.05) is 19.3 Å². The Labute approximate surface area is 422 Å². The number of ether oxygens (including phenoxy) is 3. The predicted molar refractivity (Wildman–Crippen MR) is 293 cm³/mol. The first kappa shape index (κ1) is 65.4. The van der Waals surface area contributed by atoms with E-state index < -0.39 is 6.10 Å². The molecule has 0 saturated carbocycles. The molecule has 396 valence electrons. The van der Waals surface area contributed by atoms with Crippen LogP contribution in [0, 0.1) is 0 Å². The van der Waals surface area contributed by atoms with Crippen molar-refractivity contribution in [2.75, 3.05) is 13.2 Å². The first-order valence-corrected chi connectivity index (χ1v) is 29.6. The van der Waals surface area contributed by atoms with Crippen LogP contribution in [-0.2, 0) is 28.6 Å². The molecule has 1 atom stereocenters. The number of allylic oxidation sites excluding steroid dienone is 8. The first-order valence-electron chi connectivity index (χ1n) is 29.6. The van der Waals surface area contributed by atoms with E-state index in [1.54, 1.807) is 0 Å². The van der Waals surface area contributed by atoms with Crippen molar-refractivity contribution in [1.29, 1.82) is 0 Å². The van der Waals surface area contributed by atoms with Gasteiger partial charge in [0.15, 0.2) is 6.10 Å². The molecule has 0 fully saturated rings. The lowest BCUT2D eigenvalue weighted by Gasteiger charge is -2.18. The molecule has 68 heavy (non-hydrogen) atoms. The maximum Gasteiger partial charge on any atom is 0.306 e. The van der Waals surface area contributed by atoms with Gasteiger partial charge in [-0.25, -0.2) is 0 Å². The van der Waals surface area contributed by atoms with Crippen LogP contribution < -0.4 is 0 Å². The molecule has 0 heterocycles. The Morgan fingerprint density at radius 2 is 0.574 bits per heavy atom. The van der Waals surface area contributed by atoms with Crippen LogP contribution in [0.4, 0.5) is 0 Å². The smallest absolute Gasteiger partial charge is 0.306 e. The molecule has 6 heteroatoms. The number of carbonyl (C=O) groups is 3. The second-order valence-corrected chi connectivity index (χ2v) is 19.9. The summed E-state index contributed by atoms with van der Waals surface area (Å²) in [5.41, 5.74) is 0. The van der Waals surface area contributed by atoms with Crippen LogP contribution in [0.1, 0.15) is 310 Å². The third-order valence-electron chi connectivity index (χ3n) is 13.1. The highest BCUT2D eigenvalue weighted by atomic mass is 16.6. The van der Waals surface area contributed by atoms with Crippen LogP contribution in [0.25, 0.3) is 0 Å². The van der Waals surface area contributed by atoms with Crippen LogP contribution in [0.2, 0.25) is 0 Å². The summed E-state index contributed by atoms with van der Waals surface area (Å²) in [6.45, 7) is 6.54. The average molecular weight is 954 g/mol. The van der Waals surface area contributed by atoms with Crippen LogP contribution in [0.5, 0.6) is 0 Å². The number of hydrogen-bond donors (Lipinski definition) is 0. The number of carbonyl (C=O) groups excluding carboxylic acids is 3. The van der Waals surface area contributed by atoms with Crippen molar-refractivity contribution >= 4 is 17.9 Å². The van der Waals surface area contributed by atoms with Gasteiger partial charge in [0.1, 0.15) is 13.2 Å². The minimum absolute atomic E-state index is 0.0797. The molecule has 0 aromatic carbocycles. The molecule has 0 aliphatic rings. The van der Waals surface area contributed by atoms with E-state index in [-0.39, 0.29) is 31.1 Å². The Kier molecular flexibility index (Phi) is 54.8. The summed E-state index contributed by atoms with van der Waals surface area (Å²) in [7, 11) is 0. The summed E-state index contributed by atoms with van der Waals surface area (Å²) < 4.78 is 16.9. The monoisotopic (exact) mass is 953 g/mol. The zero-order chi connectivity index (χ0) is 49.3. The van der Waals surface area contributed by atoms with E-state index in [1.807, 2.05) is 0 Å². The number of esters is 3. The topological polar surface area (TPSA) is 78.9 Å². The van der Waals surface area contributed by atoms with E-state index >= 15 is 0 Å². The third kappa shape index (κ3) is 54.3. The van der Waals surface area contributed by atoms with Crippen molar-refractivity contribution < 1.29 is 28.6 Å². The highest BCUT2D eigenvalue weighted by Gasteiger charge is 2.19. The van der Waals surface area contributed by atoms with Gasteiger partial charge in [0.2, 0.25) is 0 Å². The first-order chi connectivity index (χ1) is 33.5. The van der Waals surface area contributed by atoms with Crippen LogP contribution in [0.3, 0.4) is 0 Å². The molecule has 0 aliphatic heterocycles. The quantitative estimate of drug-likeness (QED) is 0.0262. The van der Waals surface area contributed by atoms with Gasteiger partial charge in [-0.2, -0.15) is 0 Å². The molecule has 0 saturated heterocycles. The summed E-state index contributed by atoms with van der Waals surface area (Å²) >= 11 is 0. The molecule has 0 radical (unpaired) electrons. The second kappa shape index (κ2) is 57.0. The molecule has 6 nitrogen and oxygen atoms in total. The average Bonchev–Trinajstić information content (AvgIpc) is 3.34. The molecule has 0 aromatic heterocycles. The van der Waals surface area contributed by atoms with E-state index in [4.69, 9.17) is 14.2 Å². The second-order valence-electron chi connectivity index (χ2n) is 19.9. The van der Waals surface area contributed by atoms with Crippen LogP contribution in [0.15, 0.2) is 48.6 Å². The fourth-order valence-electron chi connectivity index (χ4n) is 8.63. The minimum atomic E-state index is -0.783. The lowest BCUT2D eigenvalue weighted by Crippen LogP contribution is -2.30. The van der Waals surface area contributed by atoms with Crippen molar-refractivity contribution in [3.8, 4) is 0 Å². The summed E-state index contributed by atoms with van der Waals surface area (Å²) in [4.78, 5) is 38.2. The van der Waals surface area contributed by atoms with Crippen molar-refractivity contribution in [1.82, 2.24) is 0 Å². The number of rotatable bonds is 54. The molecule has 1 unspecified atom stereocenters. The molecule has 0 amide bonds. The van der Waals surface area contributed by atoms with E-state index in [0.717, 1.165) is 103 Å². The Hall–Kier alpha value is -2.63. The maximum absolute atomic E-state index is 12.8. The Morgan fingerprint density at radius 1 is 0.309 bits per heavy atom. The van der Waals surface area contributed by atoms with E-state index in [2.05, 4.69) is 69.4 Å². The normalized spacial score (nSPS) is 12.3. The summed E-state index contributed by atoms with van der Waals surface area (Å²) in [6.07, 6.45) is 69.7. The standard InChI is InChI=1S/C62H112O6/c1-4-7-10-13-16-19-22-25-28-29-30-31-32-33-35-37-40-43-46-49-52-55-61(64)67-58-59(57-66-60(63)54-51-48-45-42-39-36-27-24-21-18-15-12-9-6-3)68-62(65)56-53-50-47-44-41-38-34-26-23-20-17-14-11-8-5-2/h8,11,17,20,24,26-27,34,59H,4-7,9-10,12-16,18-19,21-23,25,28-33,35-58H2,1-3H3/b11-8-,20-17-,27-24-,34-26-. The Balaban J connectivity index is 4.32. The van der Waals surface area contributed by atoms with E-state index in [9.17, 15) is 14.4 Å². The summed E-state index contributed by atoms with van der Waals surface area (Å²) in [5, 5.41) is 0. The van der Waals surface area contributed by atoms with Crippen molar-refractivity contribution in [2.24, 2.45) is 0 Å².